The normalized spacial score (nSPS) is 14.1. The summed E-state index contributed by atoms with van der Waals surface area (Å²) in [5.74, 6) is -3.56. The minimum atomic E-state index is -0.907. The van der Waals surface area contributed by atoms with Gasteiger partial charge in [-0.05, 0) is 114 Å². The Labute approximate surface area is 300 Å². The van der Waals surface area contributed by atoms with Crippen molar-refractivity contribution in [3.63, 3.8) is 0 Å². The van der Waals surface area contributed by atoms with Crippen molar-refractivity contribution in [1.82, 2.24) is 4.90 Å². The number of carbonyl (C=O) groups excluding carboxylic acids is 7. The molecule has 4 aromatic rings. The van der Waals surface area contributed by atoms with Gasteiger partial charge in [-0.3, -0.25) is 38.5 Å². The van der Waals surface area contributed by atoms with Gasteiger partial charge in [-0.15, -0.1) is 0 Å². The molecule has 2 aliphatic rings. The second kappa shape index (κ2) is 12.5. The van der Waals surface area contributed by atoms with Crippen molar-refractivity contribution in [2.75, 3.05) is 11.9 Å². The van der Waals surface area contributed by atoms with E-state index in [-0.39, 0.29) is 44.8 Å². The van der Waals surface area contributed by atoms with Crippen LogP contribution in [0.2, 0.25) is 0 Å². The second-order valence-electron chi connectivity index (χ2n) is 14.9. The zero-order valence-electron chi connectivity index (χ0n) is 30.0. The molecule has 11 heteroatoms. The lowest BCUT2D eigenvalue weighted by molar-refractivity contribution is -0.143. The van der Waals surface area contributed by atoms with Crippen molar-refractivity contribution < 1.29 is 43.0 Å². The van der Waals surface area contributed by atoms with Gasteiger partial charge in [0.25, 0.3) is 23.6 Å². The Balaban J connectivity index is 1.37. The predicted molar refractivity (Wildman–Crippen MR) is 191 cm³/mol. The molecule has 0 unspecified atom stereocenters. The van der Waals surface area contributed by atoms with Crippen molar-refractivity contribution in [1.29, 1.82) is 0 Å². The van der Waals surface area contributed by atoms with Crippen LogP contribution < -0.4 is 14.4 Å². The van der Waals surface area contributed by atoms with Gasteiger partial charge >= 0.3 is 11.9 Å². The maximum atomic E-state index is 14.1. The molecule has 0 atom stereocenters. The minimum Gasteiger partial charge on any atom is -0.426 e. The largest absolute Gasteiger partial charge is 0.426 e. The monoisotopic (exact) mass is 700 g/mol. The number of esters is 2. The van der Waals surface area contributed by atoms with Gasteiger partial charge < -0.3 is 9.47 Å². The van der Waals surface area contributed by atoms with Gasteiger partial charge in [0.05, 0.1) is 38.8 Å². The van der Waals surface area contributed by atoms with Crippen molar-refractivity contribution >= 4 is 47.0 Å². The highest BCUT2D eigenvalue weighted by Crippen LogP contribution is 2.40. The second-order valence-corrected chi connectivity index (χ2v) is 14.9. The van der Waals surface area contributed by atoms with E-state index >= 15 is 0 Å². The molecule has 264 valence electrons. The summed E-state index contributed by atoms with van der Waals surface area (Å²) in [6.45, 7) is 12.1. The van der Waals surface area contributed by atoms with Crippen molar-refractivity contribution in [3.05, 3.63) is 112 Å². The summed E-state index contributed by atoms with van der Waals surface area (Å²) in [5.41, 5.74) is 0.824. The smallest absolute Gasteiger partial charge is 0.316 e. The van der Waals surface area contributed by atoms with Crippen molar-refractivity contribution in [2.24, 2.45) is 10.8 Å². The molecule has 4 aromatic carbocycles. The number of amides is 4. The number of aryl methyl sites for hydroxylation is 1. The van der Waals surface area contributed by atoms with E-state index in [0.29, 0.717) is 22.4 Å². The van der Waals surface area contributed by atoms with Crippen molar-refractivity contribution in [2.45, 2.75) is 48.5 Å². The third-order valence-corrected chi connectivity index (χ3v) is 8.84. The van der Waals surface area contributed by atoms with E-state index in [1.165, 1.54) is 49.5 Å². The number of hydrogen-bond acceptors (Lipinski definition) is 9. The fraction of sp³-hybridized carbons (Fsp3) is 0.244. The van der Waals surface area contributed by atoms with Crippen LogP contribution in [0.3, 0.4) is 0 Å². The number of ether oxygens (including phenoxy) is 2. The van der Waals surface area contributed by atoms with Crippen LogP contribution in [0.15, 0.2) is 72.8 Å². The molecule has 0 radical (unpaired) electrons. The molecule has 2 aliphatic heterocycles. The van der Waals surface area contributed by atoms with E-state index in [2.05, 4.69) is 0 Å². The molecule has 0 aromatic heterocycles. The Kier molecular flexibility index (Phi) is 8.57. The summed E-state index contributed by atoms with van der Waals surface area (Å²) >= 11 is 0. The highest BCUT2D eigenvalue weighted by Gasteiger charge is 2.40. The van der Waals surface area contributed by atoms with Gasteiger partial charge in [0.1, 0.15) is 5.75 Å². The molecule has 6 rings (SSSR count). The third-order valence-electron chi connectivity index (χ3n) is 8.84. The van der Waals surface area contributed by atoms with E-state index in [1.807, 2.05) is 0 Å². The van der Waals surface area contributed by atoms with E-state index < -0.39 is 52.2 Å². The predicted octanol–water partition coefficient (Wildman–Crippen LogP) is 6.82. The van der Waals surface area contributed by atoms with Gasteiger partial charge in [-0.1, -0.05) is 24.3 Å². The number of rotatable bonds is 6. The Morgan fingerprint density at radius 2 is 0.981 bits per heavy atom. The molecule has 0 saturated carbocycles. The topological polar surface area (TPSA) is 144 Å². The molecule has 52 heavy (non-hydrogen) atoms. The molecule has 2 heterocycles. The molecule has 0 N–H and O–H groups in total. The fourth-order valence-corrected chi connectivity index (χ4v) is 5.68. The van der Waals surface area contributed by atoms with Gasteiger partial charge in [-0.2, -0.15) is 0 Å². The number of hydrogen-bond donors (Lipinski definition) is 0. The van der Waals surface area contributed by atoms with E-state index in [1.54, 1.807) is 78.8 Å². The SMILES string of the molecule is Cc1cc(-c2ccc(OC(=O)C(C)(C)C)c(N3C(=O)c4ccc(C(=O)c5ccc6c(c5)C(=O)N(C)C6=O)cc4C3=O)c2)ccc1OC(=O)C(C)(C)C. The quantitative estimate of drug-likeness (QED) is 0.0916. The van der Waals surface area contributed by atoms with Crippen LogP contribution in [0.25, 0.3) is 11.1 Å². The molecule has 0 bridgehead atoms. The average molecular weight is 701 g/mol. The zero-order valence-corrected chi connectivity index (χ0v) is 30.0. The number of ketones is 1. The molecule has 0 fully saturated rings. The maximum Gasteiger partial charge on any atom is 0.316 e. The summed E-state index contributed by atoms with van der Waals surface area (Å²) in [5, 5.41) is 0. The Bertz CT molecular complexity index is 2290. The fourth-order valence-electron chi connectivity index (χ4n) is 5.68. The number of imide groups is 2. The zero-order chi connectivity index (χ0) is 38.0. The van der Waals surface area contributed by atoms with Crippen LogP contribution in [0.4, 0.5) is 5.69 Å². The molecular weight excluding hydrogens is 664 g/mol. The van der Waals surface area contributed by atoms with E-state index in [4.69, 9.17) is 9.47 Å². The highest BCUT2D eigenvalue weighted by atomic mass is 16.5. The lowest BCUT2D eigenvalue weighted by atomic mass is 9.96. The minimum absolute atomic E-state index is 0.0148. The standard InChI is InChI=1S/C41H36N2O9/c1-21-17-22(11-15-31(21)51-38(49)40(2,3)4)23-12-16-32(52-39(50)41(5,6)7)30(20-23)43-36(47)27-14-10-25(19-29(27)37(43)48)33(44)24-9-13-26-28(18-24)35(46)42(8)34(26)45/h9-20H,1-8H3. The number of nitrogens with zero attached hydrogens (tertiary/aromatic N) is 2. The number of benzene rings is 4. The molecule has 0 saturated heterocycles. The van der Waals surface area contributed by atoms with Crippen LogP contribution in [-0.4, -0.2) is 53.3 Å². The first kappa shape index (κ1) is 35.6. The molecule has 0 aliphatic carbocycles. The highest BCUT2D eigenvalue weighted by molar-refractivity contribution is 6.35. The molecule has 11 nitrogen and oxygen atoms in total. The first-order valence-electron chi connectivity index (χ1n) is 16.5. The van der Waals surface area contributed by atoms with Crippen LogP contribution in [-0.2, 0) is 9.59 Å². The Morgan fingerprint density at radius 1 is 0.538 bits per heavy atom. The Hall–Kier alpha value is -6.23. The molecule has 0 spiro atoms. The third kappa shape index (κ3) is 6.19. The van der Waals surface area contributed by atoms with Gasteiger partial charge in [-0.25, -0.2) is 4.90 Å². The van der Waals surface area contributed by atoms with Gasteiger partial charge in [0.15, 0.2) is 11.5 Å². The van der Waals surface area contributed by atoms with Crippen LogP contribution in [0.5, 0.6) is 11.5 Å². The number of fused-ring (bicyclic) bond motifs is 2. The summed E-state index contributed by atoms with van der Waals surface area (Å²) in [7, 11) is 1.36. The number of anilines is 1. The van der Waals surface area contributed by atoms with Gasteiger partial charge in [0, 0.05) is 18.2 Å². The van der Waals surface area contributed by atoms with Gasteiger partial charge in [0.2, 0.25) is 0 Å². The van der Waals surface area contributed by atoms with E-state index in [0.717, 1.165) is 9.80 Å². The summed E-state index contributed by atoms with van der Waals surface area (Å²) < 4.78 is 11.4. The van der Waals surface area contributed by atoms with E-state index in [9.17, 15) is 33.6 Å². The van der Waals surface area contributed by atoms with Crippen LogP contribution in [0.1, 0.15) is 104 Å². The van der Waals surface area contributed by atoms with Crippen LogP contribution in [0, 0.1) is 17.8 Å². The van der Waals surface area contributed by atoms with Crippen LogP contribution >= 0.6 is 0 Å². The number of carbonyl (C=O) groups is 7. The summed E-state index contributed by atoms with van der Waals surface area (Å²) in [4.78, 5) is 93.9. The average Bonchev–Trinajstić information content (AvgIpc) is 3.46. The first-order valence-corrected chi connectivity index (χ1v) is 16.5. The Morgan fingerprint density at radius 3 is 1.52 bits per heavy atom. The first-order chi connectivity index (χ1) is 24.3. The lowest BCUT2D eigenvalue weighted by Crippen LogP contribution is -2.31. The maximum absolute atomic E-state index is 14.1. The molecule has 4 amide bonds. The molecular formula is C41H36N2O9. The summed E-state index contributed by atoms with van der Waals surface area (Å²) in [6, 6.07) is 18.3. The summed E-state index contributed by atoms with van der Waals surface area (Å²) in [6.07, 6.45) is 0. The lowest BCUT2D eigenvalue weighted by Gasteiger charge is -2.22. The van der Waals surface area contributed by atoms with Crippen molar-refractivity contribution in [3.8, 4) is 22.6 Å².